The van der Waals surface area contributed by atoms with Crippen molar-refractivity contribution in [2.45, 2.75) is 185 Å². The number of pyridine rings is 1. The van der Waals surface area contributed by atoms with Crippen molar-refractivity contribution in [2.24, 2.45) is 17.8 Å². The van der Waals surface area contributed by atoms with Crippen molar-refractivity contribution >= 4 is 40.1 Å². The van der Waals surface area contributed by atoms with Crippen LogP contribution in [0.2, 0.25) is 5.02 Å². The van der Waals surface area contributed by atoms with E-state index in [1.807, 2.05) is 31.9 Å². The van der Waals surface area contributed by atoms with Gasteiger partial charge in [0.1, 0.15) is 30.0 Å². The molecule has 1 aromatic carbocycles. The van der Waals surface area contributed by atoms with Gasteiger partial charge >= 0.3 is 5.97 Å². The maximum absolute atomic E-state index is 14.4. The van der Waals surface area contributed by atoms with Crippen LogP contribution in [0.25, 0.3) is 10.9 Å². The van der Waals surface area contributed by atoms with E-state index in [1.165, 1.54) is 18.9 Å². The molecular formula is C48H77ClN4O13. The molecule has 0 saturated carbocycles. The van der Waals surface area contributed by atoms with E-state index in [9.17, 15) is 35.1 Å². The van der Waals surface area contributed by atoms with Gasteiger partial charge in [-0.15, -0.1) is 0 Å². The third kappa shape index (κ3) is 12.0. The molecule has 0 spiro atoms. The molecule has 3 aliphatic rings. The molecule has 6 N–H and O–H groups in total. The molecule has 374 valence electrons. The van der Waals surface area contributed by atoms with E-state index in [4.69, 9.17) is 40.0 Å². The van der Waals surface area contributed by atoms with Crippen molar-refractivity contribution in [1.82, 2.24) is 14.8 Å². The summed E-state index contributed by atoms with van der Waals surface area (Å²) in [5.41, 5.74) is -3.27. The van der Waals surface area contributed by atoms with Crippen LogP contribution in [-0.2, 0) is 38.0 Å². The summed E-state index contributed by atoms with van der Waals surface area (Å²) in [6, 6.07) is 5.73. The first-order valence-electron chi connectivity index (χ1n) is 23.4. The lowest BCUT2D eigenvalue weighted by Crippen LogP contribution is -2.61. The molecular weight excluding hydrogens is 876 g/mol. The molecule has 0 aliphatic carbocycles. The summed E-state index contributed by atoms with van der Waals surface area (Å²) < 4.78 is 38.0. The molecule has 18 heteroatoms. The number of carbonyl (C=O) groups is 2. The Bertz CT molecular complexity index is 1950. The van der Waals surface area contributed by atoms with E-state index in [0.717, 1.165) is 5.39 Å². The number of anilines is 1. The van der Waals surface area contributed by atoms with Crippen LogP contribution in [0, 0.1) is 17.8 Å². The fourth-order valence-electron chi connectivity index (χ4n) is 10.4. The monoisotopic (exact) mass is 953 g/mol. The second-order valence-electron chi connectivity index (χ2n) is 20.1. The van der Waals surface area contributed by atoms with Crippen LogP contribution >= 0.6 is 11.6 Å². The lowest BCUT2D eigenvalue weighted by molar-refractivity contribution is -0.317. The van der Waals surface area contributed by atoms with E-state index < -0.39 is 108 Å². The van der Waals surface area contributed by atoms with E-state index in [0.29, 0.717) is 22.8 Å². The predicted octanol–water partition coefficient (Wildman–Crippen LogP) is 4.11. The Morgan fingerprint density at radius 1 is 1.02 bits per heavy atom. The number of amides is 1. The number of rotatable bonds is 10. The number of hydrogen-bond donors (Lipinski definition) is 6. The van der Waals surface area contributed by atoms with E-state index >= 15 is 0 Å². The number of carbonyl (C=O) groups excluding carboxylic acids is 2. The molecule has 1 aromatic heterocycles. The van der Waals surface area contributed by atoms with Crippen LogP contribution in [0.3, 0.4) is 0 Å². The first-order valence-corrected chi connectivity index (χ1v) is 23.7. The Balaban J connectivity index is 1.50. The number of aliphatic hydroxyl groups is 5. The first kappa shape index (κ1) is 54.2. The summed E-state index contributed by atoms with van der Waals surface area (Å²) in [6.45, 7) is 17.5. The van der Waals surface area contributed by atoms with Gasteiger partial charge < -0.3 is 69.1 Å². The molecule has 0 unspecified atom stereocenters. The molecule has 17 nitrogen and oxygen atoms in total. The van der Waals surface area contributed by atoms with Crippen LogP contribution in [0.5, 0.6) is 0 Å². The number of nitrogens with zero attached hydrogens (tertiary/aromatic N) is 3. The van der Waals surface area contributed by atoms with Gasteiger partial charge in [0.2, 0.25) is 5.91 Å². The standard InChI is InChI=1S/C48H77ClN4O13/c1-14-36-48(10,60)41(56)29(6)52(11)24-25(2)21-46(8,59)43(27(4)40(28(5)44(58)64-36)65-38-22-47(9,61-13)42(57)30(7)63-38)66-45-39(55)35(19-26(3)62-45)53(12)37(54)23-51-33-17-18-50-34-20-31(49)15-16-32(33)34/h15-18,20,25-30,35-36,38-43,45,55-57,59-60H,14,19,21-24H2,1-13H3,(H,50,51)/t25-,26-,27+,28-,29-,30+,35+,36-,38+,39-,40+,41-,42+,43-,45+,46-,47-,48-/m1/s1. The highest BCUT2D eigenvalue weighted by Gasteiger charge is 2.53. The highest BCUT2D eigenvalue weighted by molar-refractivity contribution is 6.31. The average Bonchev–Trinajstić information content (AvgIpc) is 3.26. The quantitative estimate of drug-likeness (QED) is 0.185. The van der Waals surface area contributed by atoms with Crippen LogP contribution in [0.15, 0.2) is 30.5 Å². The third-order valence-electron chi connectivity index (χ3n) is 14.6. The number of fused-ring (bicyclic) bond motifs is 1. The second kappa shape index (κ2) is 21.9. The van der Waals surface area contributed by atoms with Gasteiger partial charge in [-0.2, -0.15) is 0 Å². The zero-order valence-corrected chi connectivity index (χ0v) is 41.8. The molecule has 18 atom stereocenters. The lowest BCUT2D eigenvalue weighted by atomic mass is 9.77. The van der Waals surface area contributed by atoms with Gasteiger partial charge in [-0.3, -0.25) is 14.6 Å². The molecule has 3 saturated heterocycles. The number of likely N-dealkylation sites (N-methyl/N-ethyl adjacent to an activating group) is 2. The van der Waals surface area contributed by atoms with Crippen molar-refractivity contribution in [1.29, 1.82) is 0 Å². The minimum atomic E-state index is -1.85. The van der Waals surface area contributed by atoms with Gasteiger partial charge in [-0.05, 0) is 105 Å². The van der Waals surface area contributed by atoms with Gasteiger partial charge in [-0.25, -0.2) is 0 Å². The van der Waals surface area contributed by atoms with Gasteiger partial charge in [0.05, 0.1) is 59.6 Å². The molecule has 0 bridgehead atoms. The maximum atomic E-state index is 14.4. The number of halogens is 1. The summed E-state index contributed by atoms with van der Waals surface area (Å²) >= 11 is 6.19. The summed E-state index contributed by atoms with van der Waals surface area (Å²) in [5.74, 6) is -3.25. The number of nitrogens with one attached hydrogen (secondary N) is 1. The molecule has 3 aliphatic heterocycles. The largest absolute Gasteiger partial charge is 0.459 e. The normalized spacial score (nSPS) is 41.4. The van der Waals surface area contributed by atoms with Crippen molar-refractivity contribution in [3.8, 4) is 0 Å². The van der Waals surface area contributed by atoms with Crippen LogP contribution in [-0.4, -0.2) is 177 Å². The van der Waals surface area contributed by atoms with Gasteiger partial charge in [0.25, 0.3) is 0 Å². The minimum absolute atomic E-state index is 0.0757. The fraction of sp³-hybridized carbons (Fsp3) is 0.771. The lowest BCUT2D eigenvalue weighted by Gasteiger charge is -2.49. The van der Waals surface area contributed by atoms with E-state index in [2.05, 4.69) is 10.3 Å². The number of cyclic esters (lactones) is 1. The average molecular weight is 954 g/mol. The van der Waals surface area contributed by atoms with E-state index in [-0.39, 0.29) is 44.1 Å². The predicted molar refractivity (Wildman–Crippen MR) is 249 cm³/mol. The topological polar surface area (TPSA) is 222 Å². The Hall–Kier alpha value is -2.78. The Morgan fingerprint density at radius 2 is 1.70 bits per heavy atom. The van der Waals surface area contributed by atoms with Crippen LogP contribution in [0.1, 0.15) is 94.9 Å². The Labute approximate surface area is 395 Å². The summed E-state index contributed by atoms with van der Waals surface area (Å²) in [6.07, 6.45) is -8.45. The second-order valence-corrected chi connectivity index (χ2v) is 20.5. The number of aromatic nitrogens is 1. The molecule has 4 heterocycles. The molecule has 5 rings (SSSR count). The van der Waals surface area contributed by atoms with Gasteiger partial charge in [0, 0.05) is 61.4 Å². The summed E-state index contributed by atoms with van der Waals surface area (Å²) in [7, 11) is 4.92. The highest BCUT2D eigenvalue weighted by Crippen LogP contribution is 2.40. The SMILES string of the molecule is CC[C@H]1OC(=O)[C@H](C)[C@@H](O[C@H]2C[C@@](C)(OC)[C@@H](O)[C@H](C)O2)[C@H](C)[C@@H](O[C@@H]2O[C@H](C)C[C@H](N(C)C(=O)CNc3ccnc4cc(Cl)ccc34)[C@H]2O)[C@](C)(O)C[C@@H](C)CN(C)[C@H](C)[C@@H](O)[C@]1(C)O. The zero-order valence-electron chi connectivity index (χ0n) is 41.0. The number of esters is 1. The molecule has 66 heavy (non-hydrogen) atoms. The fourth-order valence-corrected chi connectivity index (χ4v) is 10.5. The van der Waals surface area contributed by atoms with E-state index in [1.54, 1.807) is 79.9 Å². The molecule has 3 fully saturated rings. The number of aliphatic hydroxyl groups excluding tert-OH is 3. The Kier molecular flexibility index (Phi) is 18.0. The molecule has 0 radical (unpaired) electrons. The van der Waals surface area contributed by atoms with Gasteiger partial charge in [-0.1, -0.05) is 32.4 Å². The van der Waals surface area contributed by atoms with Crippen molar-refractivity contribution < 1.29 is 63.5 Å². The Morgan fingerprint density at radius 3 is 2.35 bits per heavy atom. The minimum Gasteiger partial charge on any atom is -0.459 e. The van der Waals surface area contributed by atoms with Crippen molar-refractivity contribution in [3.05, 3.63) is 35.5 Å². The number of methoxy groups -OCH3 is 1. The maximum Gasteiger partial charge on any atom is 0.311 e. The highest BCUT2D eigenvalue weighted by atomic mass is 35.5. The summed E-state index contributed by atoms with van der Waals surface area (Å²) in [5, 5.41) is 64.0. The molecule has 1 amide bonds. The third-order valence-corrected chi connectivity index (χ3v) is 14.8. The zero-order chi connectivity index (χ0) is 49.2. The number of benzene rings is 1. The van der Waals surface area contributed by atoms with Crippen LogP contribution < -0.4 is 5.32 Å². The number of hydrogen-bond acceptors (Lipinski definition) is 16. The van der Waals surface area contributed by atoms with Gasteiger partial charge in [0.15, 0.2) is 12.6 Å². The smallest absolute Gasteiger partial charge is 0.311 e. The van der Waals surface area contributed by atoms with Crippen molar-refractivity contribution in [2.75, 3.05) is 39.6 Å². The summed E-state index contributed by atoms with van der Waals surface area (Å²) in [4.78, 5) is 36.0. The van der Waals surface area contributed by atoms with Crippen molar-refractivity contribution in [3.63, 3.8) is 0 Å². The molecule has 2 aromatic rings. The number of ether oxygens (including phenoxy) is 6. The first-order chi connectivity index (χ1) is 30.8. The van der Waals surface area contributed by atoms with Crippen LogP contribution in [0.4, 0.5) is 5.69 Å².